The maximum Gasteiger partial charge on any atom is 0.319 e. The summed E-state index contributed by atoms with van der Waals surface area (Å²) < 4.78 is 5.71. The molecule has 2 amide bonds. The highest BCUT2D eigenvalue weighted by Crippen LogP contribution is 2.24. The van der Waals surface area contributed by atoms with E-state index in [1.165, 1.54) is 12.8 Å². The standard InChI is InChI=1S/C20H26N4O2/c1-15(2)26-18-8-4-3-7-17(18)23-20(25)22-14-16-9-10-19(21-13-16)24-11-5-6-12-24/h3-4,7-10,13,15H,5-6,11-12,14H2,1-2H3,(H2,22,23,25). The molecule has 3 rings (SSSR count). The van der Waals surface area contributed by atoms with Crippen LogP contribution in [0.2, 0.25) is 0 Å². The maximum atomic E-state index is 12.2. The number of amides is 2. The molecule has 0 spiro atoms. The molecule has 2 heterocycles. The maximum absolute atomic E-state index is 12.2. The molecule has 6 nitrogen and oxygen atoms in total. The molecule has 138 valence electrons. The van der Waals surface area contributed by atoms with Crippen molar-refractivity contribution in [1.29, 1.82) is 0 Å². The van der Waals surface area contributed by atoms with Crippen LogP contribution in [0.15, 0.2) is 42.6 Å². The summed E-state index contributed by atoms with van der Waals surface area (Å²) in [7, 11) is 0. The van der Waals surface area contributed by atoms with E-state index in [9.17, 15) is 4.79 Å². The van der Waals surface area contributed by atoms with Crippen molar-refractivity contribution in [1.82, 2.24) is 10.3 Å². The second-order valence-electron chi connectivity index (χ2n) is 6.69. The van der Waals surface area contributed by atoms with Crippen LogP contribution < -0.4 is 20.3 Å². The third-order valence-electron chi connectivity index (χ3n) is 4.19. The second kappa shape index (κ2) is 8.56. The number of nitrogens with zero attached hydrogens (tertiary/aromatic N) is 2. The molecule has 1 fully saturated rings. The molecule has 0 saturated carbocycles. The van der Waals surface area contributed by atoms with Crippen molar-refractivity contribution >= 4 is 17.5 Å². The number of carbonyl (C=O) groups excluding carboxylic acids is 1. The van der Waals surface area contributed by atoms with Crippen LogP contribution in [-0.2, 0) is 6.54 Å². The van der Waals surface area contributed by atoms with E-state index < -0.39 is 0 Å². The summed E-state index contributed by atoms with van der Waals surface area (Å²) in [5.74, 6) is 1.67. The van der Waals surface area contributed by atoms with Gasteiger partial charge in [0.15, 0.2) is 0 Å². The highest BCUT2D eigenvalue weighted by atomic mass is 16.5. The lowest BCUT2D eigenvalue weighted by Crippen LogP contribution is -2.28. The molecule has 1 aliphatic rings. The molecule has 0 bridgehead atoms. The van der Waals surface area contributed by atoms with E-state index >= 15 is 0 Å². The van der Waals surface area contributed by atoms with Crippen molar-refractivity contribution in [2.75, 3.05) is 23.3 Å². The summed E-state index contributed by atoms with van der Waals surface area (Å²) in [5, 5.41) is 5.70. The molecule has 1 saturated heterocycles. The number of hydrogen-bond donors (Lipinski definition) is 2. The Morgan fingerprint density at radius 2 is 1.96 bits per heavy atom. The summed E-state index contributed by atoms with van der Waals surface area (Å²) in [6.45, 7) is 6.48. The first-order chi connectivity index (χ1) is 12.6. The van der Waals surface area contributed by atoms with Gasteiger partial charge in [-0.2, -0.15) is 0 Å². The van der Waals surface area contributed by atoms with E-state index in [2.05, 4.69) is 20.5 Å². The minimum Gasteiger partial charge on any atom is -0.489 e. The molecular weight excluding hydrogens is 328 g/mol. The van der Waals surface area contributed by atoms with Gasteiger partial charge in [-0.25, -0.2) is 9.78 Å². The van der Waals surface area contributed by atoms with Crippen molar-refractivity contribution in [3.05, 3.63) is 48.2 Å². The normalized spacial score (nSPS) is 13.7. The number of anilines is 2. The number of carbonyl (C=O) groups is 1. The third kappa shape index (κ3) is 4.88. The first kappa shape index (κ1) is 18.0. The monoisotopic (exact) mass is 354 g/mol. The van der Waals surface area contributed by atoms with E-state index in [1.807, 2.05) is 56.4 Å². The molecular formula is C20H26N4O2. The molecule has 2 N–H and O–H groups in total. The van der Waals surface area contributed by atoms with Crippen LogP contribution >= 0.6 is 0 Å². The average molecular weight is 354 g/mol. The van der Waals surface area contributed by atoms with E-state index in [4.69, 9.17) is 4.74 Å². The van der Waals surface area contributed by atoms with E-state index in [0.717, 1.165) is 24.5 Å². The average Bonchev–Trinajstić information content (AvgIpc) is 3.16. The minimum absolute atomic E-state index is 0.0428. The van der Waals surface area contributed by atoms with Gasteiger partial charge in [0, 0.05) is 25.8 Å². The van der Waals surface area contributed by atoms with Crippen LogP contribution in [0, 0.1) is 0 Å². The zero-order valence-corrected chi connectivity index (χ0v) is 15.4. The zero-order chi connectivity index (χ0) is 18.4. The number of nitrogens with one attached hydrogen (secondary N) is 2. The summed E-state index contributed by atoms with van der Waals surface area (Å²) in [5.41, 5.74) is 1.62. The molecule has 1 aliphatic heterocycles. The third-order valence-corrected chi connectivity index (χ3v) is 4.19. The lowest BCUT2D eigenvalue weighted by Gasteiger charge is -2.16. The smallest absolute Gasteiger partial charge is 0.319 e. The van der Waals surface area contributed by atoms with E-state index in [0.29, 0.717) is 18.0 Å². The Bertz CT molecular complexity index is 725. The number of ether oxygens (including phenoxy) is 1. The van der Waals surface area contributed by atoms with Gasteiger partial charge in [-0.15, -0.1) is 0 Å². The van der Waals surface area contributed by atoms with Gasteiger partial charge < -0.3 is 20.3 Å². The molecule has 0 aliphatic carbocycles. The Hall–Kier alpha value is -2.76. The van der Waals surface area contributed by atoms with E-state index in [-0.39, 0.29) is 12.1 Å². The number of rotatable bonds is 6. The largest absolute Gasteiger partial charge is 0.489 e. The van der Waals surface area contributed by atoms with Crippen molar-refractivity contribution in [2.45, 2.75) is 39.3 Å². The topological polar surface area (TPSA) is 66.5 Å². The number of para-hydroxylation sites is 2. The fourth-order valence-corrected chi connectivity index (χ4v) is 2.93. The van der Waals surface area contributed by atoms with Crippen LogP contribution in [0.5, 0.6) is 5.75 Å². The van der Waals surface area contributed by atoms with Gasteiger partial charge in [-0.3, -0.25) is 0 Å². The first-order valence-electron chi connectivity index (χ1n) is 9.12. The second-order valence-corrected chi connectivity index (χ2v) is 6.69. The number of benzene rings is 1. The summed E-state index contributed by atoms with van der Waals surface area (Å²) in [6, 6.07) is 11.2. The van der Waals surface area contributed by atoms with Crippen molar-refractivity contribution in [2.24, 2.45) is 0 Å². The predicted molar refractivity (Wildman–Crippen MR) is 104 cm³/mol. The van der Waals surface area contributed by atoms with Gasteiger partial charge >= 0.3 is 6.03 Å². The van der Waals surface area contributed by atoms with Gasteiger partial charge in [-0.1, -0.05) is 18.2 Å². The van der Waals surface area contributed by atoms with Crippen LogP contribution in [0.25, 0.3) is 0 Å². The summed E-state index contributed by atoms with van der Waals surface area (Å²) >= 11 is 0. The first-order valence-corrected chi connectivity index (χ1v) is 9.12. The number of hydrogen-bond acceptors (Lipinski definition) is 4. The van der Waals surface area contributed by atoms with Gasteiger partial charge in [0.2, 0.25) is 0 Å². The van der Waals surface area contributed by atoms with Gasteiger partial charge in [0.05, 0.1) is 11.8 Å². The Labute approximate surface area is 154 Å². The van der Waals surface area contributed by atoms with Gasteiger partial charge in [-0.05, 0) is 50.5 Å². The molecule has 0 atom stereocenters. The zero-order valence-electron chi connectivity index (χ0n) is 15.4. The highest BCUT2D eigenvalue weighted by Gasteiger charge is 2.13. The lowest BCUT2D eigenvalue weighted by molar-refractivity contribution is 0.241. The Morgan fingerprint density at radius 3 is 2.65 bits per heavy atom. The SMILES string of the molecule is CC(C)Oc1ccccc1NC(=O)NCc1ccc(N2CCCC2)nc1. The predicted octanol–water partition coefficient (Wildman–Crippen LogP) is 3.79. The van der Waals surface area contributed by atoms with Crippen LogP contribution in [0.4, 0.5) is 16.3 Å². The molecule has 1 aromatic heterocycles. The Balaban J connectivity index is 1.53. The fraction of sp³-hybridized carbons (Fsp3) is 0.400. The minimum atomic E-state index is -0.270. The summed E-state index contributed by atoms with van der Waals surface area (Å²) in [4.78, 5) is 19.0. The van der Waals surface area contributed by atoms with Crippen LogP contribution in [0.3, 0.4) is 0 Å². The van der Waals surface area contributed by atoms with Gasteiger partial charge in [0.1, 0.15) is 11.6 Å². The molecule has 0 radical (unpaired) electrons. The Kier molecular flexibility index (Phi) is 5.94. The number of urea groups is 1. The number of aromatic nitrogens is 1. The number of pyridine rings is 1. The highest BCUT2D eigenvalue weighted by molar-refractivity contribution is 5.90. The quantitative estimate of drug-likeness (QED) is 0.828. The molecule has 6 heteroatoms. The molecule has 26 heavy (non-hydrogen) atoms. The van der Waals surface area contributed by atoms with Gasteiger partial charge in [0.25, 0.3) is 0 Å². The van der Waals surface area contributed by atoms with Crippen molar-refractivity contribution in [3.63, 3.8) is 0 Å². The van der Waals surface area contributed by atoms with Crippen molar-refractivity contribution < 1.29 is 9.53 Å². The van der Waals surface area contributed by atoms with Crippen LogP contribution in [-0.4, -0.2) is 30.2 Å². The van der Waals surface area contributed by atoms with Crippen LogP contribution in [0.1, 0.15) is 32.3 Å². The fourth-order valence-electron chi connectivity index (χ4n) is 2.93. The molecule has 2 aromatic rings. The van der Waals surface area contributed by atoms with E-state index in [1.54, 1.807) is 0 Å². The lowest BCUT2D eigenvalue weighted by atomic mass is 10.2. The molecule has 0 unspecified atom stereocenters. The van der Waals surface area contributed by atoms with Crippen molar-refractivity contribution in [3.8, 4) is 5.75 Å². The Morgan fingerprint density at radius 1 is 1.19 bits per heavy atom. The summed E-state index contributed by atoms with van der Waals surface area (Å²) in [6.07, 6.45) is 4.32. The molecule has 1 aromatic carbocycles.